The van der Waals surface area contributed by atoms with Gasteiger partial charge in [-0.05, 0) is 37.5 Å². The Morgan fingerprint density at radius 1 is 0.500 bits per heavy atom. The summed E-state index contributed by atoms with van der Waals surface area (Å²) in [5.41, 5.74) is 0. The molecule has 0 aromatic rings. The summed E-state index contributed by atoms with van der Waals surface area (Å²) in [6.45, 7) is 13.0. The molecule has 0 aliphatic carbocycles. The topological polar surface area (TPSA) is 116 Å². The predicted molar refractivity (Wildman–Crippen MR) is 156 cm³/mol. The fraction of sp³-hybridized carbons (Fsp3) is 0.867. The van der Waals surface area contributed by atoms with E-state index in [1.807, 2.05) is 41.5 Å². The number of amides is 4. The molecule has 0 rings (SSSR count). The highest BCUT2D eigenvalue weighted by molar-refractivity contribution is 5.88. The molecule has 0 aromatic carbocycles. The molecule has 0 fully saturated rings. The maximum absolute atomic E-state index is 12.4. The molecule has 0 heterocycles. The summed E-state index contributed by atoms with van der Waals surface area (Å²) >= 11 is 0. The molecule has 0 radical (unpaired) electrons. The number of hydrogen-bond acceptors (Lipinski definition) is 4. The average molecular weight is 539 g/mol. The normalized spacial score (nSPS) is 12.7. The van der Waals surface area contributed by atoms with Crippen LogP contribution in [0.3, 0.4) is 0 Å². The second kappa shape index (κ2) is 22.8. The van der Waals surface area contributed by atoms with Gasteiger partial charge >= 0.3 is 0 Å². The highest BCUT2D eigenvalue weighted by Gasteiger charge is 2.24. The number of hydrogen-bond donors (Lipinski definition) is 4. The summed E-state index contributed by atoms with van der Waals surface area (Å²) in [5.74, 6) is -0.146. The highest BCUT2D eigenvalue weighted by Crippen LogP contribution is 2.11. The average Bonchev–Trinajstić information content (AvgIpc) is 2.85. The van der Waals surface area contributed by atoms with Crippen LogP contribution in [0.4, 0.5) is 0 Å². The molecule has 0 aliphatic rings. The number of carbonyl (C=O) groups excluding carboxylic acids is 4. The minimum Gasteiger partial charge on any atom is -0.354 e. The molecule has 0 saturated heterocycles. The van der Waals surface area contributed by atoms with Crippen LogP contribution in [0.15, 0.2) is 0 Å². The first-order valence-electron chi connectivity index (χ1n) is 15.3. The lowest BCUT2D eigenvalue weighted by Gasteiger charge is -2.21. The number of unbranched alkanes of at least 4 members (excludes halogenated alkanes) is 9. The lowest BCUT2D eigenvalue weighted by molar-refractivity contribution is -0.130. The van der Waals surface area contributed by atoms with Crippen molar-refractivity contribution in [3.05, 3.63) is 0 Å². The van der Waals surface area contributed by atoms with E-state index < -0.39 is 12.1 Å². The van der Waals surface area contributed by atoms with Crippen LogP contribution in [0.5, 0.6) is 0 Å². The minimum absolute atomic E-state index is 0.0580. The Balaban J connectivity index is 3.75. The monoisotopic (exact) mass is 538 g/mol. The van der Waals surface area contributed by atoms with Gasteiger partial charge in [-0.25, -0.2) is 0 Å². The number of nitrogens with one attached hydrogen (secondary N) is 4. The van der Waals surface area contributed by atoms with Crippen molar-refractivity contribution in [2.24, 2.45) is 11.8 Å². The first-order valence-corrected chi connectivity index (χ1v) is 15.3. The summed E-state index contributed by atoms with van der Waals surface area (Å²) in [6, 6.07) is -0.916. The molecule has 8 nitrogen and oxygen atoms in total. The Kier molecular flexibility index (Phi) is 21.6. The van der Waals surface area contributed by atoms with Crippen LogP contribution in [0, 0.1) is 11.8 Å². The summed E-state index contributed by atoms with van der Waals surface area (Å²) in [6.07, 6.45) is 13.8. The summed E-state index contributed by atoms with van der Waals surface area (Å²) < 4.78 is 0. The lowest BCUT2D eigenvalue weighted by atomic mass is 10.0. The van der Waals surface area contributed by atoms with Crippen molar-refractivity contribution in [2.75, 3.05) is 13.1 Å². The van der Waals surface area contributed by atoms with E-state index in [9.17, 15) is 19.2 Å². The Labute approximate surface area is 232 Å². The third kappa shape index (κ3) is 18.2. The van der Waals surface area contributed by atoms with Crippen molar-refractivity contribution >= 4 is 23.6 Å². The van der Waals surface area contributed by atoms with Crippen LogP contribution in [0.1, 0.15) is 131 Å². The first-order chi connectivity index (χ1) is 18.1. The predicted octanol–water partition coefficient (Wildman–Crippen LogP) is 5.00. The maximum Gasteiger partial charge on any atom is 0.242 e. The molecular weight excluding hydrogens is 480 g/mol. The smallest absolute Gasteiger partial charge is 0.242 e. The van der Waals surface area contributed by atoms with Crippen LogP contribution in [0.2, 0.25) is 0 Å². The molecule has 4 amide bonds. The second-order valence-corrected chi connectivity index (χ2v) is 11.2. The van der Waals surface area contributed by atoms with E-state index in [0.29, 0.717) is 25.9 Å². The molecule has 0 saturated carbocycles. The molecule has 2 atom stereocenters. The van der Waals surface area contributed by atoms with Crippen molar-refractivity contribution in [2.45, 2.75) is 144 Å². The zero-order valence-electron chi connectivity index (χ0n) is 25.3. The SMILES string of the molecule is CCCC(=O)N[C@H](C(=O)NCCCCCCCCCCCCNC(=O)[C@@H](NC(=O)CCC)C(C)C)C(C)C. The molecule has 38 heavy (non-hydrogen) atoms. The Morgan fingerprint density at radius 2 is 0.789 bits per heavy atom. The van der Waals surface area contributed by atoms with Crippen molar-refractivity contribution in [3.8, 4) is 0 Å². The fourth-order valence-electron chi connectivity index (χ4n) is 4.32. The molecule has 0 aliphatic heterocycles. The molecular formula is C30H58N4O4. The highest BCUT2D eigenvalue weighted by atomic mass is 16.2. The van der Waals surface area contributed by atoms with Gasteiger partial charge in [-0.15, -0.1) is 0 Å². The zero-order chi connectivity index (χ0) is 28.8. The van der Waals surface area contributed by atoms with Crippen LogP contribution in [-0.4, -0.2) is 48.8 Å². The molecule has 4 N–H and O–H groups in total. The zero-order valence-corrected chi connectivity index (χ0v) is 25.3. The summed E-state index contributed by atoms with van der Waals surface area (Å²) in [4.78, 5) is 48.5. The molecule has 8 heteroatoms. The molecule has 222 valence electrons. The van der Waals surface area contributed by atoms with Crippen LogP contribution in [0.25, 0.3) is 0 Å². The van der Waals surface area contributed by atoms with Crippen LogP contribution < -0.4 is 21.3 Å². The Morgan fingerprint density at radius 3 is 1.05 bits per heavy atom. The fourth-order valence-corrected chi connectivity index (χ4v) is 4.32. The third-order valence-corrected chi connectivity index (χ3v) is 6.69. The third-order valence-electron chi connectivity index (χ3n) is 6.69. The van der Waals surface area contributed by atoms with E-state index in [1.54, 1.807) is 0 Å². The summed E-state index contributed by atoms with van der Waals surface area (Å²) in [5, 5.41) is 11.7. The van der Waals surface area contributed by atoms with Crippen molar-refractivity contribution in [1.82, 2.24) is 21.3 Å². The minimum atomic E-state index is -0.458. The van der Waals surface area contributed by atoms with E-state index in [1.165, 1.54) is 38.5 Å². The van der Waals surface area contributed by atoms with Gasteiger partial charge in [0.05, 0.1) is 0 Å². The van der Waals surface area contributed by atoms with E-state index in [4.69, 9.17) is 0 Å². The van der Waals surface area contributed by atoms with Gasteiger partial charge in [0.15, 0.2) is 0 Å². The molecule has 0 unspecified atom stereocenters. The van der Waals surface area contributed by atoms with Gasteiger partial charge < -0.3 is 21.3 Å². The van der Waals surface area contributed by atoms with Crippen LogP contribution in [-0.2, 0) is 19.2 Å². The van der Waals surface area contributed by atoms with Gasteiger partial charge in [0.2, 0.25) is 23.6 Å². The summed E-state index contributed by atoms with van der Waals surface area (Å²) in [7, 11) is 0. The molecule has 0 spiro atoms. The number of rotatable bonds is 23. The van der Waals surface area contributed by atoms with Gasteiger partial charge in [0.1, 0.15) is 12.1 Å². The quantitative estimate of drug-likeness (QED) is 0.137. The van der Waals surface area contributed by atoms with E-state index >= 15 is 0 Å². The van der Waals surface area contributed by atoms with E-state index in [0.717, 1.165) is 38.5 Å². The van der Waals surface area contributed by atoms with Gasteiger partial charge in [-0.2, -0.15) is 0 Å². The van der Waals surface area contributed by atoms with Gasteiger partial charge in [0.25, 0.3) is 0 Å². The maximum atomic E-state index is 12.4. The van der Waals surface area contributed by atoms with Gasteiger partial charge in [-0.1, -0.05) is 92.9 Å². The second-order valence-electron chi connectivity index (χ2n) is 11.2. The largest absolute Gasteiger partial charge is 0.354 e. The Bertz CT molecular complexity index is 611. The number of carbonyl (C=O) groups is 4. The van der Waals surface area contributed by atoms with Gasteiger partial charge in [0, 0.05) is 25.9 Å². The van der Waals surface area contributed by atoms with E-state index in [2.05, 4.69) is 21.3 Å². The first kappa shape index (κ1) is 35.9. The molecule has 0 bridgehead atoms. The van der Waals surface area contributed by atoms with Gasteiger partial charge in [-0.3, -0.25) is 19.2 Å². The van der Waals surface area contributed by atoms with Crippen molar-refractivity contribution in [1.29, 1.82) is 0 Å². The lowest BCUT2D eigenvalue weighted by Crippen LogP contribution is -2.49. The van der Waals surface area contributed by atoms with Crippen LogP contribution >= 0.6 is 0 Å². The van der Waals surface area contributed by atoms with E-state index in [-0.39, 0.29) is 35.5 Å². The molecule has 0 aromatic heterocycles. The van der Waals surface area contributed by atoms with Crippen molar-refractivity contribution < 1.29 is 19.2 Å². The van der Waals surface area contributed by atoms with Crippen molar-refractivity contribution in [3.63, 3.8) is 0 Å². The Hall–Kier alpha value is -2.12. The standard InChI is InChI=1S/C30H58N4O4/c1-7-19-25(35)33-27(23(3)4)29(37)31-21-17-15-13-11-9-10-12-14-16-18-22-32-30(38)28(24(5)6)34-26(36)20-8-2/h23-24,27-28H,7-22H2,1-6H3,(H,31,37)(H,32,38)(H,33,35)(H,34,36)/t27-,28-/m0/s1.